The summed E-state index contributed by atoms with van der Waals surface area (Å²) < 4.78 is 70.7. The minimum atomic E-state index is -5.00. The van der Waals surface area contributed by atoms with Crippen molar-refractivity contribution < 1.29 is 37.2 Å². The lowest BCUT2D eigenvalue weighted by Crippen LogP contribution is -2.35. The van der Waals surface area contributed by atoms with E-state index in [0.717, 1.165) is 31.6 Å². The van der Waals surface area contributed by atoms with E-state index in [2.05, 4.69) is 18.7 Å². The smallest absolute Gasteiger partial charge is 0.417 e. The molecule has 2 aliphatic heterocycles. The molecule has 39 heavy (non-hydrogen) atoms. The lowest BCUT2D eigenvalue weighted by molar-refractivity contribution is -0.0697. The number of hydrogen-bond acceptors (Lipinski definition) is 5. The summed E-state index contributed by atoms with van der Waals surface area (Å²) in [6.45, 7) is 6.83. The van der Waals surface area contributed by atoms with Crippen LogP contribution in [0.1, 0.15) is 43.1 Å². The van der Waals surface area contributed by atoms with Crippen molar-refractivity contribution in [2.24, 2.45) is 5.92 Å². The number of halogens is 4. The fourth-order valence-corrected chi connectivity index (χ4v) is 5.26. The molecule has 2 aliphatic rings. The van der Waals surface area contributed by atoms with Gasteiger partial charge in [-0.25, -0.2) is 4.39 Å². The molecule has 3 unspecified atom stereocenters. The van der Waals surface area contributed by atoms with E-state index in [-0.39, 0.29) is 28.7 Å². The standard InChI is InChI=1S/C30H29F4NO4/c1-17-12-13-35(15-17)18(2)16-38-22-8-6-19(7-9-22)29-25(20-4-3-5-21(36)14-20)27(30(32,33)34)26-24(39-29)11-10-23(37)28(26)31/h3-11,14,17-18,29,36-37H,12-13,15-16H2,1-2H3. The van der Waals surface area contributed by atoms with Gasteiger partial charge in [0.15, 0.2) is 17.7 Å². The maximum Gasteiger partial charge on any atom is 0.417 e. The molecule has 2 N–H and O–H groups in total. The summed E-state index contributed by atoms with van der Waals surface area (Å²) in [5, 5.41) is 19.9. The van der Waals surface area contributed by atoms with Crippen LogP contribution >= 0.6 is 0 Å². The van der Waals surface area contributed by atoms with Crippen LogP contribution in [0.5, 0.6) is 23.0 Å². The Labute approximate surface area is 223 Å². The third-order valence-corrected chi connectivity index (χ3v) is 7.30. The number of rotatable bonds is 6. The molecule has 1 saturated heterocycles. The molecule has 3 atom stereocenters. The fraction of sp³-hybridized carbons (Fsp3) is 0.333. The summed E-state index contributed by atoms with van der Waals surface area (Å²) in [4.78, 5) is 2.37. The Morgan fingerprint density at radius 2 is 1.82 bits per heavy atom. The van der Waals surface area contributed by atoms with Crippen LogP contribution in [-0.2, 0) is 0 Å². The molecular formula is C30H29F4NO4. The van der Waals surface area contributed by atoms with Crippen molar-refractivity contribution in [3.05, 3.63) is 83.2 Å². The third-order valence-electron chi connectivity index (χ3n) is 7.30. The van der Waals surface area contributed by atoms with Gasteiger partial charge in [-0.2, -0.15) is 13.2 Å². The summed E-state index contributed by atoms with van der Waals surface area (Å²) in [6, 6.07) is 14.1. The second kappa shape index (κ2) is 10.4. The van der Waals surface area contributed by atoms with Crippen LogP contribution in [0.2, 0.25) is 0 Å². The number of alkyl halides is 3. The number of nitrogens with zero attached hydrogens (tertiary/aromatic N) is 1. The van der Waals surface area contributed by atoms with E-state index in [0.29, 0.717) is 23.8 Å². The van der Waals surface area contributed by atoms with Gasteiger partial charge in [0, 0.05) is 18.2 Å². The lowest BCUT2D eigenvalue weighted by Gasteiger charge is -2.33. The van der Waals surface area contributed by atoms with Gasteiger partial charge in [-0.15, -0.1) is 0 Å². The minimum absolute atomic E-state index is 0.00899. The van der Waals surface area contributed by atoms with Gasteiger partial charge in [0.25, 0.3) is 0 Å². The first-order valence-corrected chi connectivity index (χ1v) is 12.8. The van der Waals surface area contributed by atoms with Crippen LogP contribution in [0.25, 0.3) is 11.1 Å². The van der Waals surface area contributed by atoms with Gasteiger partial charge < -0.3 is 19.7 Å². The molecule has 206 valence electrons. The number of aromatic hydroxyl groups is 2. The van der Waals surface area contributed by atoms with Crippen molar-refractivity contribution >= 4 is 11.1 Å². The monoisotopic (exact) mass is 543 g/mol. The number of fused-ring (bicyclic) bond motifs is 1. The molecule has 0 radical (unpaired) electrons. The molecule has 5 rings (SSSR count). The zero-order valence-corrected chi connectivity index (χ0v) is 21.5. The number of phenols is 2. The van der Waals surface area contributed by atoms with Crippen molar-refractivity contribution in [3.8, 4) is 23.0 Å². The number of hydrogen-bond donors (Lipinski definition) is 2. The van der Waals surface area contributed by atoms with E-state index in [9.17, 15) is 27.8 Å². The second-order valence-corrected chi connectivity index (χ2v) is 10.2. The Bertz CT molecular complexity index is 1390. The molecule has 9 heteroatoms. The highest BCUT2D eigenvalue weighted by Gasteiger charge is 2.46. The van der Waals surface area contributed by atoms with Gasteiger partial charge in [0.1, 0.15) is 23.9 Å². The van der Waals surface area contributed by atoms with Crippen molar-refractivity contribution in [2.45, 2.75) is 38.6 Å². The normalized spacial score (nSPS) is 20.5. The van der Waals surface area contributed by atoms with E-state index in [1.807, 2.05) is 0 Å². The molecule has 0 bridgehead atoms. The van der Waals surface area contributed by atoms with E-state index in [4.69, 9.17) is 9.47 Å². The molecule has 3 aromatic rings. The van der Waals surface area contributed by atoms with Crippen LogP contribution in [0.3, 0.4) is 0 Å². The summed E-state index contributed by atoms with van der Waals surface area (Å²) in [5.41, 5.74) is -2.14. The zero-order valence-electron chi connectivity index (χ0n) is 21.5. The summed E-state index contributed by atoms with van der Waals surface area (Å²) >= 11 is 0. The predicted octanol–water partition coefficient (Wildman–Crippen LogP) is 6.95. The number of phenolic OH excluding ortho intramolecular Hbond substituents is 2. The van der Waals surface area contributed by atoms with Gasteiger partial charge in [-0.1, -0.05) is 31.2 Å². The van der Waals surface area contributed by atoms with Gasteiger partial charge in [-0.05, 0) is 73.3 Å². The van der Waals surface area contributed by atoms with Gasteiger partial charge in [-0.3, -0.25) is 4.90 Å². The largest absolute Gasteiger partial charge is 0.508 e. The topological polar surface area (TPSA) is 62.2 Å². The molecule has 0 saturated carbocycles. The number of ether oxygens (including phenoxy) is 2. The molecule has 5 nitrogen and oxygen atoms in total. The predicted molar refractivity (Wildman–Crippen MR) is 139 cm³/mol. The zero-order chi connectivity index (χ0) is 27.9. The third kappa shape index (κ3) is 5.41. The van der Waals surface area contributed by atoms with Crippen LogP contribution in [0, 0.1) is 11.7 Å². The van der Waals surface area contributed by atoms with Crippen molar-refractivity contribution in [2.75, 3.05) is 19.7 Å². The molecule has 3 aromatic carbocycles. The second-order valence-electron chi connectivity index (χ2n) is 10.2. The van der Waals surface area contributed by atoms with Gasteiger partial charge in [0.2, 0.25) is 0 Å². The maximum absolute atomic E-state index is 15.0. The summed E-state index contributed by atoms with van der Waals surface area (Å²) in [6.07, 6.45) is -5.13. The van der Waals surface area contributed by atoms with Crippen LogP contribution in [-0.4, -0.2) is 47.0 Å². The Morgan fingerprint density at radius 1 is 1.08 bits per heavy atom. The van der Waals surface area contributed by atoms with Gasteiger partial charge in [0.05, 0.1) is 11.1 Å². The van der Waals surface area contributed by atoms with Crippen molar-refractivity contribution in [3.63, 3.8) is 0 Å². The Hall–Kier alpha value is -3.72. The molecule has 1 fully saturated rings. The first-order valence-electron chi connectivity index (χ1n) is 12.8. The quantitative estimate of drug-likeness (QED) is 0.330. The van der Waals surface area contributed by atoms with Crippen molar-refractivity contribution in [1.82, 2.24) is 4.90 Å². The number of benzene rings is 3. The van der Waals surface area contributed by atoms with Crippen molar-refractivity contribution in [1.29, 1.82) is 0 Å². The molecule has 0 amide bonds. The molecule has 0 spiro atoms. The SMILES string of the molecule is CC1CCN(C(C)COc2ccc(C3Oc4ccc(O)c(F)c4C(C(F)(F)F)=C3c3cccc(O)c3)cc2)C1. The highest BCUT2D eigenvalue weighted by atomic mass is 19.4. The fourth-order valence-electron chi connectivity index (χ4n) is 5.26. The van der Waals surface area contributed by atoms with Crippen LogP contribution in [0.4, 0.5) is 17.6 Å². The first kappa shape index (κ1) is 26.9. The minimum Gasteiger partial charge on any atom is -0.508 e. The Balaban J connectivity index is 1.52. The van der Waals surface area contributed by atoms with E-state index in [1.165, 1.54) is 24.3 Å². The van der Waals surface area contributed by atoms with Crippen LogP contribution < -0.4 is 9.47 Å². The van der Waals surface area contributed by atoms with E-state index < -0.39 is 35.0 Å². The molecule has 0 aliphatic carbocycles. The average Bonchev–Trinajstić information content (AvgIpc) is 3.34. The van der Waals surface area contributed by atoms with E-state index >= 15 is 0 Å². The van der Waals surface area contributed by atoms with Gasteiger partial charge >= 0.3 is 6.18 Å². The summed E-state index contributed by atoms with van der Waals surface area (Å²) in [5.74, 6) is -1.74. The lowest BCUT2D eigenvalue weighted by atomic mass is 9.84. The Morgan fingerprint density at radius 3 is 2.46 bits per heavy atom. The average molecular weight is 544 g/mol. The Kier molecular flexibility index (Phi) is 7.20. The highest BCUT2D eigenvalue weighted by Crippen LogP contribution is 2.54. The molecule has 2 heterocycles. The number of likely N-dealkylation sites (tertiary alicyclic amines) is 1. The summed E-state index contributed by atoms with van der Waals surface area (Å²) in [7, 11) is 0. The molecular weight excluding hydrogens is 514 g/mol. The van der Waals surface area contributed by atoms with E-state index in [1.54, 1.807) is 24.3 Å². The van der Waals surface area contributed by atoms with Crippen LogP contribution in [0.15, 0.2) is 60.7 Å². The first-order chi connectivity index (χ1) is 18.5. The molecule has 0 aromatic heterocycles. The maximum atomic E-state index is 15.0. The number of allylic oxidation sites excluding steroid dienone is 1. The highest BCUT2D eigenvalue weighted by molar-refractivity contribution is 5.98.